The summed E-state index contributed by atoms with van der Waals surface area (Å²) in [6, 6.07) is 6.87. The first-order valence-electron chi connectivity index (χ1n) is 11.1. The zero-order chi connectivity index (χ0) is 26.3. The van der Waals surface area contributed by atoms with Crippen LogP contribution in [0.1, 0.15) is 32.8 Å². The molecule has 0 aliphatic carbocycles. The lowest BCUT2D eigenvalue weighted by molar-refractivity contribution is -0.140. The van der Waals surface area contributed by atoms with E-state index in [4.69, 9.17) is 0 Å². The largest absolute Gasteiger partial charge is 0.354 e. The number of benzene rings is 2. The number of nitrogens with zero attached hydrogens (tertiary/aromatic N) is 2. The monoisotopic (exact) mass is 513 g/mol. The van der Waals surface area contributed by atoms with Crippen LogP contribution < -0.4 is 9.62 Å². The number of anilines is 1. The van der Waals surface area contributed by atoms with Crippen LogP contribution in [-0.2, 0) is 26.2 Å². The van der Waals surface area contributed by atoms with E-state index in [2.05, 4.69) is 5.32 Å². The standard InChI is InChI=1S/C24H30F3N3O4S/c1-5-22(24(32)28-13-16(2)3)29(14-17-6-8-18(25)9-7-17)23(31)15-30(35(4,33)34)19-10-11-20(26)21(27)12-19/h6-12,16,22H,5,13-15H2,1-4H3,(H,28,32)/t22-/m0/s1. The Morgan fingerprint density at radius 2 is 1.63 bits per heavy atom. The highest BCUT2D eigenvalue weighted by atomic mass is 32.2. The summed E-state index contributed by atoms with van der Waals surface area (Å²) in [4.78, 5) is 27.6. The first-order chi connectivity index (χ1) is 16.3. The van der Waals surface area contributed by atoms with E-state index in [0.717, 1.165) is 18.4 Å². The Kier molecular flexibility index (Phi) is 9.70. The van der Waals surface area contributed by atoms with Crippen LogP contribution in [0, 0.1) is 23.4 Å². The second kappa shape index (κ2) is 12.1. The topological polar surface area (TPSA) is 86.8 Å². The maximum absolute atomic E-state index is 13.8. The third-order valence-electron chi connectivity index (χ3n) is 5.21. The summed E-state index contributed by atoms with van der Waals surface area (Å²) in [5.74, 6) is -3.92. The lowest BCUT2D eigenvalue weighted by atomic mass is 10.1. The first kappa shape index (κ1) is 28.2. The Labute approximate surface area is 204 Å². The zero-order valence-electron chi connectivity index (χ0n) is 20.1. The Balaban J connectivity index is 2.43. The highest BCUT2D eigenvalue weighted by molar-refractivity contribution is 7.92. The van der Waals surface area contributed by atoms with E-state index in [-0.39, 0.29) is 24.6 Å². The van der Waals surface area contributed by atoms with Gasteiger partial charge in [0.25, 0.3) is 0 Å². The molecule has 0 aromatic heterocycles. The fourth-order valence-corrected chi connectivity index (χ4v) is 4.22. The van der Waals surface area contributed by atoms with Crippen molar-refractivity contribution in [3.05, 3.63) is 65.5 Å². The van der Waals surface area contributed by atoms with Crippen molar-refractivity contribution in [2.75, 3.05) is 23.7 Å². The normalized spacial score (nSPS) is 12.3. The molecule has 2 amide bonds. The molecule has 2 rings (SSSR count). The number of nitrogens with one attached hydrogen (secondary N) is 1. The van der Waals surface area contributed by atoms with E-state index in [0.29, 0.717) is 22.5 Å². The number of carbonyl (C=O) groups is 2. The van der Waals surface area contributed by atoms with Gasteiger partial charge in [0.1, 0.15) is 18.4 Å². The number of hydrogen-bond acceptors (Lipinski definition) is 4. The van der Waals surface area contributed by atoms with Crippen molar-refractivity contribution in [3.8, 4) is 0 Å². The van der Waals surface area contributed by atoms with Crippen LogP contribution in [0.4, 0.5) is 18.9 Å². The molecule has 7 nitrogen and oxygen atoms in total. The van der Waals surface area contributed by atoms with Gasteiger partial charge in [-0.2, -0.15) is 0 Å². The molecular formula is C24H30F3N3O4S. The molecule has 0 saturated heterocycles. The van der Waals surface area contributed by atoms with Gasteiger partial charge in [0.15, 0.2) is 11.6 Å². The van der Waals surface area contributed by atoms with Crippen LogP contribution in [0.3, 0.4) is 0 Å². The highest BCUT2D eigenvalue weighted by Gasteiger charge is 2.32. The van der Waals surface area contributed by atoms with Crippen molar-refractivity contribution in [2.45, 2.75) is 39.8 Å². The molecule has 35 heavy (non-hydrogen) atoms. The molecule has 1 atom stereocenters. The average Bonchev–Trinajstić information content (AvgIpc) is 2.78. The molecule has 11 heteroatoms. The zero-order valence-corrected chi connectivity index (χ0v) is 20.9. The van der Waals surface area contributed by atoms with E-state index in [1.54, 1.807) is 6.92 Å². The quantitative estimate of drug-likeness (QED) is 0.499. The predicted octanol–water partition coefficient (Wildman–Crippen LogP) is 3.45. The van der Waals surface area contributed by atoms with Gasteiger partial charge in [-0.15, -0.1) is 0 Å². The van der Waals surface area contributed by atoms with Gasteiger partial charge in [-0.25, -0.2) is 21.6 Å². The minimum atomic E-state index is -4.08. The van der Waals surface area contributed by atoms with Gasteiger partial charge in [-0.05, 0) is 42.2 Å². The van der Waals surface area contributed by atoms with E-state index >= 15 is 0 Å². The molecular weight excluding hydrogens is 483 g/mol. The van der Waals surface area contributed by atoms with Crippen LogP contribution in [0.5, 0.6) is 0 Å². The fraction of sp³-hybridized carbons (Fsp3) is 0.417. The lowest BCUT2D eigenvalue weighted by Crippen LogP contribution is -2.52. The summed E-state index contributed by atoms with van der Waals surface area (Å²) in [6.07, 6.45) is 1.05. The molecule has 0 aliphatic rings. The van der Waals surface area contributed by atoms with Gasteiger partial charge in [0.05, 0.1) is 11.9 Å². The molecule has 2 aromatic rings. The Bertz CT molecular complexity index is 1140. The van der Waals surface area contributed by atoms with Crippen molar-refractivity contribution in [1.82, 2.24) is 10.2 Å². The van der Waals surface area contributed by atoms with Gasteiger partial charge in [0.2, 0.25) is 21.8 Å². The van der Waals surface area contributed by atoms with E-state index in [1.807, 2.05) is 13.8 Å². The van der Waals surface area contributed by atoms with Crippen LogP contribution in [0.25, 0.3) is 0 Å². The number of carbonyl (C=O) groups excluding carboxylic acids is 2. The van der Waals surface area contributed by atoms with Crippen LogP contribution >= 0.6 is 0 Å². The van der Waals surface area contributed by atoms with Gasteiger partial charge < -0.3 is 10.2 Å². The Hall–Kier alpha value is -3.08. The number of hydrogen-bond donors (Lipinski definition) is 1. The summed E-state index contributed by atoms with van der Waals surface area (Å²) in [5, 5.41) is 2.78. The first-order valence-corrected chi connectivity index (χ1v) is 12.9. The molecule has 0 aliphatic heterocycles. The van der Waals surface area contributed by atoms with Crippen molar-refractivity contribution in [2.24, 2.45) is 5.92 Å². The number of sulfonamides is 1. The second-order valence-corrected chi connectivity index (χ2v) is 10.5. The third kappa shape index (κ3) is 7.98. The molecule has 192 valence electrons. The van der Waals surface area contributed by atoms with E-state index in [9.17, 15) is 31.2 Å². The van der Waals surface area contributed by atoms with E-state index < -0.39 is 51.9 Å². The van der Waals surface area contributed by atoms with Crippen LogP contribution in [0.2, 0.25) is 0 Å². The van der Waals surface area contributed by atoms with Crippen molar-refractivity contribution in [1.29, 1.82) is 0 Å². The van der Waals surface area contributed by atoms with Gasteiger partial charge in [-0.3, -0.25) is 13.9 Å². The Morgan fingerprint density at radius 3 is 2.14 bits per heavy atom. The summed E-state index contributed by atoms with van der Waals surface area (Å²) in [7, 11) is -4.08. The number of amides is 2. The van der Waals surface area contributed by atoms with Crippen molar-refractivity contribution >= 4 is 27.5 Å². The molecule has 0 spiro atoms. The fourth-order valence-electron chi connectivity index (χ4n) is 3.38. The molecule has 0 unspecified atom stereocenters. The summed E-state index contributed by atoms with van der Waals surface area (Å²) < 4.78 is 66.1. The maximum Gasteiger partial charge on any atom is 0.244 e. The highest BCUT2D eigenvalue weighted by Crippen LogP contribution is 2.22. The minimum Gasteiger partial charge on any atom is -0.354 e. The van der Waals surface area contributed by atoms with Gasteiger partial charge >= 0.3 is 0 Å². The molecule has 0 radical (unpaired) electrons. The summed E-state index contributed by atoms with van der Waals surface area (Å²) >= 11 is 0. The number of halogens is 3. The third-order valence-corrected chi connectivity index (χ3v) is 6.35. The Morgan fingerprint density at radius 1 is 1.00 bits per heavy atom. The molecule has 0 saturated carbocycles. The lowest BCUT2D eigenvalue weighted by Gasteiger charge is -2.33. The van der Waals surface area contributed by atoms with Crippen LogP contribution in [0.15, 0.2) is 42.5 Å². The maximum atomic E-state index is 13.8. The second-order valence-electron chi connectivity index (χ2n) is 8.58. The summed E-state index contributed by atoms with van der Waals surface area (Å²) in [6.45, 7) is 5.05. The van der Waals surface area contributed by atoms with Crippen LogP contribution in [-0.4, -0.2) is 50.5 Å². The molecule has 0 heterocycles. The van der Waals surface area contributed by atoms with Gasteiger partial charge in [-0.1, -0.05) is 32.9 Å². The van der Waals surface area contributed by atoms with Gasteiger partial charge in [0, 0.05) is 19.2 Å². The molecule has 1 N–H and O–H groups in total. The SMILES string of the molecule is CC[C@@H](C(=O)NCC(C)C)N(Cc1ccc(F)cc1)C(=O)CN(c1ccc(F)c(F)c1)S(C)(=O)=O. The number of rotatable bonds is 11. The molecule has 2 aromatic carbocycles. The minimum absolute atomic E-state index is 0.0951. The van der Waals surface area contributed by atoms with Crippen molar-refractivity contribution in [3.63, 3.8) is 0 Å². The van der Waals surface area contributed by atoms with E-state index in [1.165, 1.54) is 29.2 Å². The predicted molar refractivity (Wildman–Crippen MR) is 127 cm³/mol. The average molecular weight is 514 g/mol. The summed E-state index contributed by atoms with van der Waals surface area (Å²) in [5.41, 5.74) is 0.285. The smallest absolute Gasteiger partial charge is 0.244 e. The molecule has 0 fully saturated rings. The van der Waals surface area contributed by atoms with Crippen molar-refractivity contribution < 1.29 is 31.2 Å². The molecule has 0 bridgehead atoms.